The van der Waals surface area contributed by atoms with Crippen LogP contribution in [0.1, 0.15) is 6.92 Å². The highest BCUT2D eigenvalue weighted by Gasteiger charge is 2.10. The zero-order valence-corrected chi connectivity index (χ0v) is 19.4. The third-order valence-corrected chi connectivity index (χ3v) is 5.77. The molecule has 4 aromatic rings. The van der Waals surface area contributed by atoms with Gasteiger partial charge in [-0.05, 0) is 61.0 Å². The number of para-hydroxylation sites is 1. The fourth-order valence-electron chi connectivity index (χ4n) is 2.90. The van der Waals surface area contributed by atoms with Crippen LogP contribution < -0.4 is 10.2 Å². The van der Waals surface area contributed by atoms with Crippen LogP contribution in [0.3, 0.4) is 0 Å². The molecular weight excluding hydrogens is 461 g/mol. The standard InChI is InChI=1S/C24H19Cl2N5S/c1-17(15-27-29-21-5-3-2-4-6-21)28-30-24-31(22-13-11-20(26)12-14-22)23(16-32-24)18-7-9-19(25)10-8-18/h2-16,29H,1H3. The van der Waals surface area contributed by atoms with E-state index in [2.05, 4.69) is 20.7 Å². The fourth-order valence-corrected chi connectivity index (χ4v) is 4.01. The van der Waals surface area contributed by atoms with Gasteiger partial charge in [-0.3, -0.25) is 9.99 Å². The van der Waals surface area contributed by atoms with Crippen molar-refractivity contribution in [1.29, 1.82) is 0 Å². The maximum absolute atomic E-state index is 6.10. The van der Waals surface area contributed by atoms with E-state index < -0.39 is 0 Å². The lowest BCUT2D eigenvalue weighted by Gasteiger charge is -2.09. The molecule has 0 fully saturated rings. The third kappa shape index (κ3) is 5.53. The molecular formula is C24H19Cl2N5S. The van der Waals surface area contributed by atoms with Crippen molar-refractivity contribution in [2.45, 2.75) is 6.92 Å². The van der Waals surface area contributed by atoms with E-state index in [1.165, 1.54) is 11.3 Å². The van der Waals surface area contributed by atoms with E-state index in [0.29, 0.717) is 15.8 Å². The van der Waals surface area contributed by atoms with Gasteiger partial charge in [0.1, 0.15) is 0 Å². The number of anilines is 1. The largest absolute Gasteiger partial charge is 0.284 e. The molecule has 0 amide bonds. The lowest BCUT2D eigenvalue weighted by molar-refractivity contribution is 0.971. The monoisotopic (exact) mass is 479 g/mol. The zero-order valence-electron chi connectivity index (χ0n) is 17.1. The topological polar surface area (TPSA) is 54.0 Å². The lowest BCUT2D eigenvalue weighted by Crippen LogP contribution is -2.13. The Morgan fingerprint density at radius 2 is 1.56 bits per heavy atom. The van der Waals surface area contributed by atoms with E-state index in [1.54, 1.807) is 6.21 Å². The second-order valence-electron chi connectivity index (χ2n) is 6.80. The van der Waals surface area contributed by atoms with Gasteiger partial charge in [-0.15, -0.1) is 16.4 Å². The van der Waals surface area contributed by atoms with Gasteiger partial charge in [0, 0.05) is 21.1 Å². The van der Waals surface area contributed by atoms with Crippen molar-refractivity contribution in [3.63, 3.8) is 0 Å². The quantitative estimate of drug-likeness (QED) is 0.237. The molecule has 0 unspecified atom stereocenters. The summed E-state index contributed by atoms with van der Waals surface area (Å²) in [6, 6.07) is 25.0. The van der Waals surface area contributed by atoms with Gasteiger partial charge in [-0.25, -0.2) is 0 Å². The molecule has 0 aliphatic heterocycles. The summed E-state index contributed by atoms with van der Waals surface area (Å²) in [5.41, 5.74) is 7.48. The predicted octanol–water partition coefficient (Wildman–Crippen LogP) is 6.89. The Morgan fingerprint density at radius 3 is 2.25 bits per heavy atom. The molecule has 0 aliphatic rings. The van der Waals surface area contributed by atoms with Crippen LogP contribution in [-0.4, -0.2) is 16.5 Å². The minimum Gasteiger partial charge on any atom is -0.284 e. The number of thiazole rings is 1. The second-order valence-corrected chi connectivity index (χ2v) is 8.51. The maximum Gasteiger partial charge on any atom is 0.215 e. The Balaban J connectivity index is 1.68. The highest BCUT2D eigenvalue weighted by atomic mass is 35.5. The van der Waals surface area contributed by atoms with Crippen LogP contribution in [0.15, 0.2) is 99.5 Å². The summed E-state index contributed by atoms with van der Waals surface area (Å²) in [5.74, 6) is 0. The van der Waals surface area contributed by atoms with Gasteiger partial charge < -0.3 is 0 Å². The van der Waals surface area contributed by atoms with Gasteiger partial charge in [-0.2, -0.15) is 10.2 Å². The summed E-state index contributed by atoms with van der Waals surface area (Å²) in [5, 5.41) is 16.5. The van der Waals surface area contributed by atoms with Crippen molar-refractivity contribution in [3.8, 4) is 16.9 Å². The van der Waals surface area contributed by atoms with Crippen LogP contribution in [-0.2, 0) is 0 Å². The van der Waals surface area contributed by atoms with Crippen LogP contribution in [0.2, 0.25) is 10.0 Å². The number of hydrogen-bond donors (Lipinski definition) is 1. The number of aromatic nitrogens is 1. The summed E-state index contributed by atoms with van der Waals surface area (Å²) in [4.78, 5) is 0.723. The smallest absolute Gasteiger partial charge is 0.215 e. The Labute approximate surface area is 200 Å². The average Bonchev–Trinajstić information content (AvgIpc) is 3.23. The number of hydrazone groups is 1. The minimum atomic E-state index is 0.664. The summed E-state index contributed by atoms with van der Waals surface area (Å²) in [7, 11) is 0. The Bertz CT molecular complexity index is 1310. The molecule has 4 rings (SSSR count). The summed E-state index contributed by atoms with van der Waals surface area (Å²) in [6.07, 6.45) is 1.64. The first-order chi connectivity index (χ1) is 15.6. The second kappa shape index (κ2) is 10.4. The fraction of sp³-hybridized carbons (Fsp3) is 0.0417. The lowest BCUT2D eigenvalue weighted by atomic mass is 10.1. The molecule has 5 nitrogen and oxygen atoms in total. The number of halogens is 2. The van der Waals surface area contributed by atoms with Crippen molar-refractivity contribution in [3.05, 3.63) is 99.1 Å². The molecule has 1 heterocycles. The zero-order chi connectivity index (χ0) is 22.3. The van der Waals surface area contributed by atoms with Gasteiger partial charge in [0.25, 0.3) is 0 Å². The summed E-state index contributed by atoms with van der Waals surface area (Å²) < 4.78 is 2.04. The maximum atomic E-state index is 6.10. The molecule has 0 aliphatic carbocycles. The van der Waals surface area contributed by atoms with E-state index in [-0.39, 0.29) is 0 Å². The van der Waals surface area contributed by atoms with E-state index in [4.69, 9.17) is 23.2 Å². The van der Waals surface area contributed by atoms with E-state index in [9.17, 15) is 0 Å². The number of nitrogens with one attached hydrogen (secondary N) is 1. The van der Waals surface area contributed by atoms with E-state index in [0.717, 1.165) is 27.4 Å². The molecule has 0 bridgehead atoms. The van der Waals surface area contributed by atoms with Crippen molar-refractivity contribution in [1.82, 2.24) is 4.57 Å². The number of rotatable bonds is 6. The van der Waals surface area contributed by atoms with Crippen molar-refractivity contribution >= 4 is 52.2 Å². The number of hydrogen-bond acceptors (Lipinski definition) is 5. The van der Waals surface area contributed by atoms with Crippen molar-refractivity contribution in [2.24, 2.45) is 15.3 Å². The molecule has 0 atom stereocenters. The van der Waals surface area contributed by atoms with Crippen LogP contribution in [0.5, 0.6) is 0 Å². The van der Waals surface area contributed by atoms with Crippen LogP contribution >= 0.6 is 34.5 Å². The average molecular weight is 480 g/mol. The van der Waals surface area contributed by atoms with Crippen LogP contribution in [0.25, 0.3) is 16.9 Å². The van der Waals surface area contributed by atoms with E-state index >= 15 is 0 Å². The van der Waals surface area contributed by atoms with Crippen molar-refractivity contribution in [2.75, 3.05) is 5.43 Å². The minimum absolute atomic E-state index is 0.664. The molecule has 160 valence electrons. The highest BCUT2D eigenvalue weighted by molar-refractivity contribution is 7.07. The first-order valence-electron chi connectivity index (χ1n) is 9.75. The highest BCUT2D eigenvalue weighted by Crippen LogP contribution is 2.25. The van der Waals surface area contributed by atoms with Gasteiger partial charge in [-0.1, -0.05) is 53.5 Å². The van der Waals surface area contributed by atoms with Gasteiger partial charge >= 0.3 is 0 Å². The molecule has 1 N–H and O–H groups in total. The molecule has 0 saturated carbocycles. The molecule has 3 aromatic carbocycles. The number of nitrogens with zero attached hydrogens (tertiary/aromatic N) is 4. The third-order valence-electron chi connectivity index (χ3n) is 4.45. The Morgan fingerprint density at radius 1 is 0.906 bits per heavy atom. The predicted molar refractivity (Wildman–Crippen MR) is 136 cm³/mol. The molecule has 8 heteroatoms. The van der Waals surface area contributed by atoms with Gasteiger partial charge in [0.05, 0.1) is 23.3 Å². The molecule has 0 radical (unpaired) electrons. The SMILES string of the molecule is CC(C=NNc1ccccc1)=NN=c1scc(-c2ccc(Cl)cc2)n1-c1ccc(Cl)cc1. The Kier molecular flexibility index (Phi) is 7.17. The Hall–Kier alpha value is -3.19. The first kappa shape index (κ1) is 22.0. The molecule has 1 aromatic heterocycles. The van der Waals surface area contributed by atoms with Gasteiger partial charge in [0.15, 0.2) is 0 Å². The molecule has 0 saturated heterocycles. The van der Waals surface area contributed by atoms with Gasteiger partial charge in [0.2, 0.25) is 4.80 Å². The van der Waals surface area contributed by atoms with Crippen LogP contribution in [0, 0.1) is 0 Å². The van der Waals surface area contributed by atoms with Crippen LogP contribution in [0.4, 0.5) is 5.69 Å². The molecule has 0 spiro atoms. The first-order valence-corrected chi connectivity index (χ1v) is 11.4. The van der Waals surface area contributed by atoms with E-state index in [1.807, 2.05) is 95.7 Å². The van der Waals surface area contributed by atoms with Crippen molar-refractivity contribution < 1.29 is 0 Å². The summed E-state index contributed by atoms with van der Waals surface area (Å²) >= 11 is 13.7. The normalized spacial score (nSPS) is 12.5. The summed E-state index contributed by atoms with van der Waals surface area (Å²) in [6.45, 7) is 1.85. The number of benzene rings is 3. The molecule has 32 heavy (non-hydrogen) atoms.